The molecule has 37 heavy (non-hydrogen) atoms. The molecular weight excluding hydrogens is 514 g/mol. The van der Waals surface area contributed by atoms with Gasteiger partial charge in [-0.3, -0.25) is 14.5 Å². The summed E-state index contributed by atoms with van der Waals surface area (Å²) in [5, 5.41) is 13.4. The molecule has 1 amide bonds. The van der Waals surface area contributed by atoms with E-state index in [2.05, 4.69) is 40.0 Å². The number of hydrogen-bond acceptors (Lipinski definition) is 6. The lowest BCUT2D eigenvalue weighted by atomic mass is 10.1. The van der Waals surface area contributed by atoms with E-state index in [9.17, 15) is 23.1 Å². The molecule has 0 unspecified atom stereocenters. The number of carboxylic acids is 1. The predicted octanol–water partition coefficient (Wildman–Crippen LogP) is 2.44. The van der Waals surface area contributed by atoms with Gasteiger partial charge in [0.25, 0.3) is 15.9 Å². The lowest BCUT2D eigenvalue weighted by molar-refractivity contribution is -0.139. The van der Waals surface area contributed by atoms with Crippen molar-refractivity contribution in [3.8, 4) is 11.8 Å². The Morgan fingerprint density at radius 2 is 2.00 bits per heavy atom. The van der Waals surface area contributed by atoms with Crippen molar-refractivity contribution < 1.29 is 23.1 Å². The summed E-state index contributed by atoms with van der Waals surface area (Å²) >= 11 is 0.968. The van der Waals surface area contributed by atoms with Gasteiger partial charge in [-0.05, 0) is 48.6 Å². The zero-order chi connectivity index (χ0) is 27.4. The van der Waals surface area contributed by atoms with Crippen molar-refractivity contribution in [3.05, 3.63) is 83.1 Å². The number of nitrogens with two attached hydrogens (primary N) is 2. The Labute approximate surface area is 219 Å². The van der Waals surface area contributed by atoms with Crippen LogP contribution in [-0.2, 0) is 14.8 Å². The standard InChI is InChI=1S/C25H27N5O5S2/c1-3-7-17(4-2)11-12-18-8-5-9-19(16-18)37(34,35)30-20-13-15-36-22(20)23(31)29-21(24(32)33)10-6-14-28-25(26)27/h3-5,7-9,13,15-16,21,30H,1-2,6,10,14H2,(H,29,31)(H,32,33)(H4,26,27,28)/b17-7+/t21-/m0/s1. The van der Waals surface area contributed by atoms with Crippen LogP contribution in [0.2, 0.25) is 0 Å². The summed E-state index contributed by atoms with van der Waals surface area (Å²) in [6.07, 6.45) is 5.18. The third kappa shape index (κ3) is 8.99. The summed E-state index contributed by atoms with van der Waals surface area (Å²) < 4.78 is 28.5. The molecule has 0 aliphatic heterocycles. The van der Waals surface area contributed by atoms with Gasteiger partial charge in [0.2, 0.25) is 0 Å². The lowest BCUT2D eigenvalue weighted by Gasteiger charge is -2.15. The molecule has 2 rings (SSSR count). The third-order valence-corrected chi connectivity index (χ3v) is 6.95. The maximum atomic E-state index is 13.0. The summed E-state index contributed by atoms with van der Waals surface area (Å²) in [4.78, 5) is 28.1. The van der Waals surface area contributed by atoms with Crippen LogP contribution in [0.5, 0.6) is 0 Å². The van der Waals surface area contributed by atoms with Crippen molar-refractivity contribution in [2.45, 2.75) is 23.8 Å². The van der Waals surface area contributed by atoms with Crippen LogP contribution in [0.1, 0.15) is 28.1 Å². The van der Waals surface area contributed by atoms with Crippen LogP contribution in [0.15, 0.2) is 82.6 Å². The Balaban J connectivity index is 2.19. The Kier molecular flexibility index (Phi) is 10.7. The van der Waals surface area contributed by atoms with Gasteiger partial charge >= 0.3 is 5.97 Å². The van der Waals surface area contributed by atoms with Gasteiger partial charge in [0.1, 0.15) is 10.9 Å². The van der Waals surface area contributed by atoms with Crippen LogP contribution in [0, 0.1) is 11.8 Å². The first-order valence-corrected chi connectivity index (χ1v) is 13.2. The van der Waals surface area contributed by atoms with E-state index in [1.54, 1.807) is 30.4 Å². The summed E-state index contributed by atoms with van der Waals surface area (Å²) in [6.45, 7) is 7.47. The molecule has 0 spiro atoms. The highest BCUT2D eigenvalue weighted by Crippen LogP contribution is 2.26. The second-order valence-electron chi connectivity index (χ2n) is 7.42. The normalized spacial score (nSPS) is 11.8. The van der Waals surface area contributed by atoms with E-state index >= 15 is 0 Å². The predicted molar refractivity (Wildman–Crippen MR) is 146 cm³/mol. The number of guanidine groups is 1. The number of sulfonamides is 1. The average molecular weight is 542 g/mol. The molecule has 0 saturated heterocycles. The molecule has 194 valence electrons. The molecule has 0 saturated carbocycles. The summed E-state index contributed by atoms with van der Waals surface area (Å²) in [6, 6.07) is 6.20. The molecule has 0 aliphatic carbocycles. The van der Waals surface area contributed by atoms with Crippen molar-refractivity contribution in [2.24, 2.45) is 16.5 Å². The summed E-state index contributed by atoms with van der Waals surface area (Å²) in [5.41, 5.74) is 11.6. The first kappa shape index (κ1) is 28.9. The molecule has 0 radical (unpaired) electrons. The highest BCUT2D eigenvalue weighted by Gasteiger charge is 2.24. The van der Waals surface area contributed by atoms with E-state index in [1.807, 2.05) is 0 Å². The van der Waals surface area contributed by atoms with E-state index in [1.165, 1.54) is 23.6 Å². The van der Waals surface area contributed by atoms with Gasteiger partial charge in [-0.25, -0.2) is 13.2 Å². The van der Waals surface area contributed by atoms with E-state index < -0.39 is 27.9 Å². The van der Waals surface area contributed by atoms with Crippen LogP contribution in [0.3, 0.4) is 0 Å². The molecular formula is C25H27N5O5S2. The van der Waals surface area contributed by atoms with Gasteiger partial charge in [-0.2, -0.15) is 0 Å². The number of anilines is 1. The SMILES string of the molecule is C=C/C=C(/C#Cc1cccc(S(=O)(=O)Nc2ccsc2C(=O)N[C@@H](CCCN=C(N)N)C(=O)O)c1)C=C. The number of carbonyl (C=O) groups is 2. The number of carboxylic acid groups (broad SMARTS) is 1. The number of benzene rings is 1. The molecule has 1 atom stereocenters. The van der Waals surface area contributed by atoms with E-state index in [4.69, 9.17) is 11.5 Å². The molecule has 0 fully saturated rings. The van der Waals surface area contributed by atoms with Gasteiger partial charge in [0.05, 0.1) is 10.6 Å². The number of rotatable bonds is 12. The zero-order valence-corrected chi connectivity index (χ0v) is 21.4. The van der Waals surface area contributed by atoms with Gasteiger partial charge in [-0.1, -0.05) is 43.2 Å². The van der Waals surface area contributed by atoms with Gasteiger partial charge < -0.3 is 21.9 Å². The molecule has 2 aromatic rings. The van der Waals surface area contributed by atoms with Crippen LogP contribution in [0.25, 0.3) is 0 Å². The van der Waals surface area contributed by atoms with Crippen molar-refractivity contribution in [1.29, 1.82) is 0 Å². The second-order valence-corrected chi connectivity index (χ2v) is 10.0. The fourth-order valence-corrected chi connectivity index (χ4v) is 4.86. The highest BCUT2D eigenvalue weighted by molar-refractivity contribution is 7.92. The number of allylic oxidation sites excluding steroid dienone is 4. The number of carbonyl (C=O) groups excluding carboxylic acids is 1. The monoisotopic (exact) mass is 541 g/mol. The quantitative estimate of drug-likeness (QED) is 0.0900. The van der Waals surface area contributed by atoms with Gasteiger partial charge in [-0.15, -0.1) is 11.3 Å². The smallest absolute Gasteiger partial charge is 0.326 e. The van der Waals surface area contributed by atoms with E-state index in [0.717, 1.165) is 11.3 Å². The molecule has 1 heterocycles. The fraction of sp³-hybridized carbons (Fsp3) is 0.160. The number of amides is 1. The summed E-state index contributed by atoms with van der Waals surface area (Å²) in [7, 11) is -4.08. The number of aliphatic carboxylic acids is 1. The van der Waals surface area contributed by atoms with E-state index in [0.29, 0.717) is 17.6 Å². The molecule has 1 aromatic heterocycles. The van der Waals surface area contributed by atoms with Gasteiger partial charge in [0, 0.05) is 17.7 Å². The Hall–Kier alpha value is -4.34. The van der Waals surface area contributed by atoms with Crippen molar-refractivity contribution in [1.82, 2.24) is 5.32 Å². The maximum Gasteiger partial charge on any atom is 0.326 e. The average Bonchev–Trinajstić information content (AvgIpc) is 3.31. The summed E-state index contributed by atoms with van der Waals surface area (Å²) in [5.74, 6) is 3.66. The van der Waals surface area contributed by atoms with Crippen LogP contribution < -0.4 is 21.5 Å². The van der Waals surface area contributed by atoms with Gasteiger partial charge in [0.15, 0.2) is 5.96 Å². The first-order chi connectivity index (χ1) is 17.6. The minimum atomic E-state index is -4.08. The Bertz CT molecular complexity index is 1390. The van der Waals surface area contributed by atoms with Crippen molar-refractivity contribution in [2.75, 3.05) is 11.3 Å². The minimum Gasteiger partial charge on any atom is -0.480 e. The van der Waals surface area contributed by atoms with Crippen LogP contribution >= 0.6 is 11.3 Å². The topological polar surface area (TPSA) is 177 Å². The Morgan fingerprint density at radius 1 is 1.24 bits per heavy atom. The third-order valence-electron chi connectivity index (χ3n) is 4.68. The largest absolute Gasteiger partial charge is 0.480 e. The van der Waals surface area contributed by atoms with Crippen LogP contribution in [0.4, 0.5) is 5.69 Å². The second kappa shape index (κ2) is 13.7. The minimum absolute atomic E-state index is 0.0141. The fourth-order valence-electron chi connectivity index (χ4n) is 2.93. The first-order valence-electron chi connectivity index (χ1n) is 10.8. The van der Waals surface area contributed by atoms with Crippen molar-refractivity contribution >= 4 is 44.9 Å². The molecule has 0 aliphatic rings. The number of aliphatic imine (C=N–C) groups is 1. The lowest BCUT2D eigenvalue weighted by Crippen LogP contribution is -2.40. The highest BCUT2D eigenvalue weighted by atomic mass is 32.2. The molecule has 1 aromatic carbocycles. The molecule has 7 N–H and O–H groups in total. The zero-order valence-electron chi connectivity index (χ0n) is 19.8. The number of nitrogens with one attached hydrogen (secondary N) is 2. The molecule has 10 nitrogen and oxygen atoms in total. The Morgan fingerprint density at radius 3 is 2.65 bits per heavy atom. The number of nitrogens with zero attached hydrogens (tertiary/aromatic N) is 1. The van der Waals surface area contributed by atoms with E-state index in [-0.39, 0.29) is 34.4 Å². The maximum absolute atomic E-state index is 13.0. The molecule has 0 bridgehead atoms. The van der Waals surface area contributed by atoms with Crippen LogP contribution in [-0.4, -0.2) is 43.9 Å². The number of hydrogen-bond donors (Lipinski definition) is 5. The number of thiophene rings is 1. The molecule has 12 heteroatoms. The van der Waals surface area contributed by atoms with Crippen molar-refractivity contribution in [3.63, 3.8) is 0 Å².